The fourth-order valence-corrected chi connectivity index (χ4v) is 5.71. The standard InChI is InChI=1S/C27H32N4O5/c1-2-36-18-9-10-21-19(13-18)20-14-22(27(33)28-15-16-6-4-3-5-7-16)30-25(26(20)29-21)17-8-11-24(32)23(12-17)31(34)35/h8-13,16,22,25,29-30,32H,2-7,14-15H2,1H3,(H,28,33)/p+1/t22?,25-/m1/s1. The quantitative estimate of drug-likeness (QED) is 0.295. The number of nitro benzene ring substituents is 1. The number of hydrogen-bond donors (Lipinski definition) is 4. The number of aromatic nitrogens is 1. The van der Waals surface area contributed by atoms with Gasteiger partial charge in [-0.15, -0.1) is 0 Å². The van der Waals surface area contributed by atoms with Gasteiger partial charge in [0.05, 0.1) is 17.2 Å². The summed E-state index contributed by atoms with van der Waals surface area (Å²) < 4.78 is 5.72. The lowest BCUT2D eigenvalue weighted by Gasteiger charge is -2.29. The average molecular weight is 494 g/mol. The molecule has 36 heavy (non-hydrogen) atoms. The number of carbonyl (C=O) groups is 1. The van der Waals surface area contributed by atoms with Crippen LogP contribution in [0.15, 0.2) is 36.4 Å². The molecule has 2 aliphatic rings. The fourth-order valence-electron chi connectivity index (χ4n) is 5.71. The first kappa shape index (κ1) is 24.1. The Hall–Kier alpha value is -3.59. The minimum atomic E-state index is -0.587. The summed E-state index contributed by atoms with van der Waals surface area (Å²) in [7, 11) is 0. The first-order valence-corrected chi connectivity index (χ1v) is 12.8. The molecule has 1 aliphatic carbocycles. The number of fused-ring (bicyclic) bond motifs is 3. The molecule has 1 amide bonds. The van der Waals surface area contributed by atoms with E-state index in [1.165, 1.54) is 31.4 Å². The van der Waals surface area contributed by atoms with Crippen molar-refractivity contribution in [3.63, 3.8) is 0 Å². The number of nitro groups is 1. The number of hydrogen-bond acceptors (Lipinski definition) is 5. The van der Waals surface area contributed by atoms with Crippen molar-refractivity contribution in [3.8, 4) is 11.5 Å². The zero-order chi connectivity index (χ0) is 25.2. The third-order valence-electron chi connectivity index (χ3n) is 7.56. The topological polar surface area (TPSA) is 134 Å². The second-order valence-corrected chi connectivity index (χ2v) is 9.89. The predicted molar refractivity (Wildman–Crippen MR) is 135 cm³/mol. The zero-order valence-electron chi connectivity index (χ0n) is 20.5. The summed E-state index contributed by atoms with van der Waals surface area (Å²) >= 11 is 0. The highest BCUT2D eigenvalue weighted by atomic mass is 16.6. The normalized spacial score (nSPS) is 20.1. The van der Waals surface area contributed by atoms with E-state index in [4.69, 9.17) is 4.74 Å². The van der Waals surface area contributed by atoms with Gasteiger partial charge in [-0.2, -0.15) is 0 Å². The van der Waals surface area contributed by atoms with Gasteiger partial charge in [-0.3, -0.25) is 14.9 Å². The molecule has 3 aromatic rings. The number of nitrogens with two attached hydrogens (primary N) is 1. The highest BCUT2D eigenvalue weighted by Gasteiger charge is 2.38. The summed E-state index contributed by atoms with van der Waals surface area (Å²) in [5.41, 5.74) is 3.17. The van der Waals surface area contributed by atoms with Crippen molar-refractivity contribution in [2.24, 2.45) is 5.92 Å². The van der Waals surface area contributed by atoms with E-state index >= 15 is 0 Å². The molecule has 1 unspecified atom stereocenters. The fraction of sp³-hybridized carbons (Fsp3) is 0.444. The van der Waals surface area contributed by atoms with Gasteiger partial charge in [0.1, 0.15) is 5.75 Å². The summed E-state index contributed by atoms with van der Waals surface area (Å²) in [5, 5.41) is 27.6. The maximum absolute atomic E-state index is 13.4. The van der Waals surface area contributed by atoms with Gasteiger partial charge in [0.15, 0.2) is 17.8 Å². The van der Waals surface area contributed by atoms with Crippen molar-refractivity contribution in [1.29, 1.82) is 0 Å². The lowest BCUT2D eigenvalue weighted by Crippen LogP contribution is -2.95. The number of amides is 1. The van der Waals surface area contributed by atoms with Crippen molar-refractivity contribution in [1.82, 2.24) is 10.3 Å². The average Bonchev–Trinajstić information content (AvgIpc) is 3.25. The Kier molecular flexibility index (Phi) is 6.82. The molecular weight excluding hydrogens is 460 g/mol. The Morgan fingerprint density at radius 2 is 2.03 bits per heavy atom. The Morgan fingerprint density at radius 1 is 1.22 bits per heavy atom. The van der Waals surface area contributed by atoms with Crippen molar-refractivity contribution in [3.05, 3.63) is 63.3 Å². The summed E-state index contributed by atoms with van der Waals surface area (Å²) in [6, 6.07) is 9.57. The summed E-state index contributed by atoms with van der Waals surface area (Å²) in [5.74, 6) is 0.898. The number of H-pyrrole nitrogens is 1. The minimum absolute atomic E-state index is 0.0141. The molecule has 0 saturated heterocycles. The highest BCUT2D eigenvalue weighted by Crippen LogP contribution is 2.36. The third kappa shape index (κ3) is 4.75. The van der Waals surface area contributed by atoms with Gasteiger partial charge in [-0.1, -0.05) is 19.3 Å². The van der Waals surface area contributed by atoms with E-state index in [1.807, 2.05) is 30.4 Å². The van der Waals surface area contributed by atoms with E-state index in [9.17, 15) is 20.0 Å². The van der Waals surface area contributed by atoms with Crippen LogP contribution in [0.2, 0.25) is 0 Å². The molecule has 0 spiro atoms. The first-order chi connectivity index (χ1) is 17.4. The number of nitrogens with one attached hydrogen (secondary N) is 2. The zero-order valence-corrected chi connectivity index (χ0v) is 20.5. The lowest BCUT2D eigenvalue weighted by molar-refractivity contribution is -0.711. The number of quaternary nitrogens is 1. The van der Waals surface area contributed by atoms with Crippen molar-refractivity contribution in [2.45, 2.75) is 57.5 Å². The van der Waals surface area contributed by atoms with Crippen LogP contribution < -0.4 is 15.4 Å². The van der Waals surface area contributed by atoms with Crippen molar-refractivity contribution < 1.29 is 24.9 Å². The molecule has 1 fully saturated rings. The summed E-state index contributed by atoms with van der Waals surface area (Å²) in [6.45, 7) is 3.18. The van der Waals surface area contributed by atoms with E-state index in [0.717, 1.165) is 40.8 Å². The first-order valence-electron chi connectivity index (χ1n) is 12.8. The Labute approximate surface area is 209 Å². The van der Waals surface area contributed by atoms with Gasteiger partial charge in [-0.05, 0) is 61.6 Å². The lowest BCUT2D eigenvalue weighted by atomic mass is 9.88. The van der Waals surface area contributed by atoms with Gasteiger partial charge in [-0.25, -0.2) is 0 Å². The molecule has 5 rings (SSSR count). The highest BCUT2D eigenvalue weighted by molar-refractivity contribution is 5.88. The number of aromatic amines is 1. The largest absolute Gasteiger partial charge is 0.502 e. The molecule has 2 atom stereocenters. The second kappa shape index (κ2) is 10.2. The van der Waals surface area contributed by atoms with Gasteiger partial charge in [0.2, 0.25) is 0 Å². The molecule has 1 aliphatic heterocycles. The molecule has 1 saturated carbocycles. The molecular formula is C27H33N4O5+. The van der Waals surface area contributed by atoms with Crippen LogP contribution in [0.25, 0.3) is 10.9 Å². The van der Waals surface area contributed by atoms with Crippen molar-refractivity contribution >= 4 is 22.5 Å². The van der Waals surface area contributed by atoms with E-state index in [2.05, 4.69) is 10.3 Å². The van der Waals surface area contributed by atoms with E-state index in [1.54, 1.807) is 6.07 Å². The summed E-state index contributed by atoms with van der Waals surface area (Å²) in [6.07, 6.45) is 6.56. The smallest absolute Gasteiger partial charge is 0.311 e. The van der Waals surface area contributed by atoms with Gasteiger partial charge < -0.3 is 25.5 Å². The van der Waals surface area contributed by atoms with Crippen LogP contribution in [0.4, 0.5) is 5.69 Å². The van der Waals surface area contributed by atoms with E-state index in [0.29, 0.717) is 31.1 Å². The van der Waals surface area contributed by atoms with Gasteiger partial charge in [0, 0.05) is 35.5 Å². The second-order valence-electron chi connectivity index (χ2n) is 9.89. The number of ether oxygens (including phenoxy) is 1. The molecule has 9 heteroatoms. The number of nitrogens with zero attached hydrogens (tertiary/aromatic N) is 1. The Balaban J connectivity index is 1.50. The minimum Gasteiger partial charge on any atom is -0.502 e. The summed E-state index contributed by atoms with van der Waals surface area (Å²) in [4.78, 5) is 27.8. The Morgan fingerprint density at radius 3 is 2.78 bits per heavy atom. The van der Waals surface area contributed by atoms with Crippen molar-refractivity contribution in [2.75, 3.05) is 13.2 Å². The van der Waals surface area contributed by atoms with Crippen LogP contribution >= 0.6 is 0 Å². The van der Waals surface area contributed by atoms with Gasteiger partial charge >= 0.3 is 5.69 Å². The predicted octanol–water partition coefficient (Wildman–Crippen LogP) is 3.45. The van der Waals surface area contributed by atoms with Crippen LogP contribution in [-0.2, 0) is 11.2 Å². The van der Waals surface area contributed by atoms with Crippen LogP contribution in [0.5, 0.6) is 11.5 Å². The maximum atomic E-state index is 13.4. The Bertz CT molecular complexity index is 1280. The molecule has 2 aromatic carbocycles. The number of phenols is 1. The molecule has 5 N–H and O–H groups in total. The number of aromatic hydroxyl groups is 1. The maximum Gasteiger partial charge on any atom is 0.311 e. The molecule has 0 bridgehead atoms. The SMILES string of the molecule is CCOc1ccc2[nH]c3c(c2c1)CC(C(=O)NCC1CCCCC1)[NH2+][C@@H]3c1ccc(O)c([N+](=O)[O-])c1. The number of rotatable bonds is 7. The molecule has 0 radical (unpaired) electrons. The third-order valence-corrected chi connectivity index (χ3v) is 7.56. The molecule has 2 heterocycles. The van der Waals surface area contributed by atoms with E-state index in [-0.39, 0.29) is 29.4 Å². The molecule has 9 nitrogen and oxygen atoms in total. The van der Waals surface area contributed by atoms with E-state index < -0.39 is 4.92 Å². The van der Waals surface area contributed by atoms with Crippen LogP contribution in [0, 0.1) is 16.0 Å². The monoisotopic (exact) mass is 493 g/mol. The van der Waals surface area contributed by atoms with Gasteiger partial charge in [0.25, 0.3) is 5.91 Å². The van der Waals surface area contributed by atoms with Crippen LogP contribution in [0.3, 0.4) is 0 Å². The number of phenolic OH excluding ortho intramolecular Hbond substituents is 1. The molecule has 190 valence electrons. The van der Waals surface area contributed by atoms with Crippen LogP contribution in [-0.4, -0.2) is 40.1 Å². The van der Waals surface area contributed by atoms with Crippen LogP contribution in [0.1, 0.15) is 61.9 Å². The number of carbonyl (C=O) groups excluding carboxylic acids is 1. The number of benzene rings is 2. The molecule has 1 aromatic heterocycles.